The van der Waals surface area contributed by atoms with E-state index in [4.69, 9.17) is 37.4 Å². The van der Waals surface area contributed by atoms with Gasteiger partial charge >= 0.3 is 12.0 Å². The minimum Gasteiger partial charge on any atom is -0.476 e. The average Bonchev–Trinajstić information content (AvgIpc) is 2.80. The van der Waals surface area contributed by atoms with Crippen LogP contribution < -0.4 is 14.8 Å². The molecule has 0 aliphatic carbocycles. The highest BCUT2D eigenvalue weighted by molar-refractivity contribution is 6.35. The van der Waals surface area contributed by atoms with Gasteiger partial charge in [-0.25, -0.2) is 4.79 Å². The Kier molecular flexibility index (Phi) is 8.58. The number of methoxy groups -OCH3 is 1. The lowest BCUT2D eigenvalue weighted by Gasteiger charge is -2.24. The molecule has 0 radical (unpaired) electrons. The summed E-state index contributed by atoms with van der Waals surface area (Å²) in [6.45, 7) is 5.97. The van der Waals surface area contributed by atoms with Gasteiger partial charge in [0.05, 0.1) is 19.4 Å². The van der Waals surface area contributed by atoms with Gasteiger partial charge in [0.2, 0.25) is 0 Å². The van der Waals surface area contributed by atoms with Gasteiger partial charge < -0.3 is 19.5 Å². The molecule has 0 amide bonds. The van der Waals surface area contributed by atoms with Crippen molar-refractivity contribution in [3.63, 3.8) is 0 Å². The van der Waals surface area contributed by atoms with Crippen molar-refractivity contribution in [2.75, 3.05) is 25.6 Å². The Morgan fingerprint density at radius 3 is 2.59 bits per heavy atom. The zero-order chi connectivity index (χ0) is 24.7. The van der Waals surface area contributed by atoms with Gasteiger partial charge in [-0.3, -0.25) is 0 Å². The molecule has 3 rings (SSSR count). The highest BCUT2D eigenvalue weighted by atomic mass is 35.5. The fourth-order valence-corrected chi connectivity index (χ4v) is 3.67. The molecule has 7 nitrogen and oxygen atoms in total. The molecule has 0 saturated heterocycles. The Labute approximate surface area is 209 Å². The van der Waals surface area contributed by atoms with E-state index in [9.17, 15) is 4.79 Å². The maximum absolute atomic E-state index is 12.2. The van der Waals surface area contributed by atoms with Crippen LogP contribution in [0.5, 0.6) is 11.8 Å². The number of anilines is 1. The van der Waals surface area contributed by atoms with Crippen LogP contribution in [0.4, 0.5) is 5.82 Å². The lowest BCUT2D eigenvalue weighted by Crippen LogP contribution is -2.39. The Balaban J connectivity index is 1.77. The molecule has 0 aliphatic heterocycles. The maximum Gasteiger partial charge on any atom is 0.349 e. The largest absolute Gasteiger partial charge is 0.476 e. The third-order valence-electron chi connectivity index (χ3n) is 4.87. The Morgan fingerprint density at radius 2 is 1.88 bits per heavy atom. The second-order valence-corrected chi connectivity index (χ2v) is 8.74. The average molecular weight is 504 g/mol. The van der Waals surface area contributed by atoms with Gasteiger partial charge in [-0.1, -0.05) is 41.4 Å². The highest BCUT2D eigenvalue weighted by Crippen LogP contribution is 2.28. The molecule has 0 spiro atoms. The molecule has 2 aromatic carbocycles. The lowest BCUT2D eigenvalue weighted by atomic mass is 10.1. The van der Waals surface area contributed by atoms with Crippen molar-refractivity contribution in [3.8, 4) is 23.0 Å². The van der Waals surface area contributed by atoms with E-state index in [2.05, 4.69) is 15.3 Å². The first-order valence-electron chi connectivity index (χ1n) is 10.8. The molecule has 0 unspecified atom stereocenters. The number of halogens is 2. The lowest BCUT2D eigenvalue weighted by molar-refractivity contribution is -0.158. The Hall–Kier alpha value is -3.03. The Bertz CT molecular complexity index is 1150. The summed E-state index contributed by atoms with van der Waals surface area (Å²) in [6, 6.07) is 14.8. The maximum atomic E-state index is 12.2. The van der Waals surface area contributed by atoms with Crippen LogP contribution in [0.2, 0.25) is 10.0 Å². The summed E-state index contributed by atoms with van der Waals surface area (Å²) in [5.41, 5.74) is 1.27. The van der Waals surface area contributed by atoms with Crippen LogP contribution in [0, 0.1) is 0 Å². The van der Waals surface area contributed by atoms with Crippen molar-refractivity contribution in [1.82, 2.24) is 9.97 Å². The molecule has 180 valence electrons. The smallest absolute Gasteiger partial charge is 0.349 e. The standard InChI is InChI=1S/C25H27Cl2N3O4/c1-5-33-23(31)25(2,3)34-19-8-6-7-17(13-19)21-15-22(30-24(29-21)32-4)28-12-11-16-9-10-18(26)14-20(16)27/h6-10,13-15H,5,11-12H2,1-4H3,(H,28,29,30). The van der Waals surface area contributed by atoms with E-state index in [-0.39, 0.29) is 12.6 Å². The minimum absolute atomic E-state index is 0.225. The number of hydrogen-bond donors (Lipinski definition) is 1. The molecule has 1 heterocycles. The first kappa shape index (κ1) is 25.6. The molecule has 1 N–H and O–H groups in total. The molecule has 0 saturated carbocycles. The van der Waals surface area contributed by atoms with E-state index in [1.165, 1.54) is 7.11 Å². The summed E-state index contributed by atoms with van der Waals surface area (Å²) < 4.78 is 16.3. The zero-order valence-corrected chi connectivity index (χ0v) is 21.0. The van der Waals surface area contributed by atoms with Crippen LogP contribution in [0.15, 0.2) is 48.5 Å². The zero-order valence-electron chi connectivity index (χ0n) is 19.5. The Morgan fingerprint density at radius 1 is 1.09 bits per heavy atom. The number of ether oxygens (including phenoxy) is 3. The van der Waals surface area contributed by atoms with Gasteiger partial charge in [0.1, 0.15) is 11.6 Å². The quantitative estimate of drug-likeness (QED) is 0.348. The van der Waals surface area contributed by atoms with Crippen LogP contribution in [0.1, 0.15) is 26.3 Å². The first-order valence-corrected chi connectivity index (χ1v) is 11.5. The normalized spacial score (nSPS) is 11.1. The third-order valence-corrected chi connectivity index (χ3v) is 5.46. The predicted octanol–water partition coefficient (Wildman–Crippen LogP) is 5.83. The summed E-state index contributed by atoms with van der Waals surface area (Å²) in [4.78, 5) is 21.0. The molecule has 3 aromatic rings. The number of carbonyl (C=O) groups excluding carboxylic acids is 1. The van der Waals surface area contributed by atoms with Gasteiger partial charge in [-0.15, -0.1) is 0 Å². The summed E-state index contributed by atoms with van der Waals surface area (Å²) >= 11 is 12.2. The number of hydrogen-bond acceptors (Lipinski definition) is 7. The molecule has 1 aromatic heterocycles. The molecular weight excluding hydrogens is 477 g/mol. The number of benzene rings is 2. The van der Waals surface area contributed by atoms with E-state index in [1.807, 2.05) is 30.3 Å². The van der Waals surface area contributed by atoms with Crippen LogP contribution >= 0.6 is 23.2 Å². The summed E-state index contributed by atoms with van der Waals surface area (Å²) in [7, 11) is 1.51. The second-order valence-electron chi connectivity index (χ2n) is 7.90. The molecule has 9 heteroatoms. The van der Waals surface area contributed by atoms with E-state index in [0.717, 1.165) is 11.1 Å². The van der Waals surface area contributed by atoms with E-state index in [0.29, 0.717) is 40.3 Å². The van der Waals surface area contributed by atoms with Crippen LogP contribution in [0.3, 0.4) is 0 Å². The van der Waals surface area contributed by atoms with Gasteiger partial charge in [-0.05, 0) is 57.0 Å². The molecule has 34 heavy (non-hydrogen) atoms. The number of rotatable bonds is 10. The van der Waals surface area contributed by atoms with E-state index in [1.54, 1.807) is 39.0 Å². The first-order chi connectivity index (χ1) is 16.2. The van der Waals surface area contributed by atoms with Crippen LogP contribution in [-0.2, 0) is 16.0 Å². The number of aromatic nitrogens is 2. The summed E-state index contributed by atoms with van der Waals surface area (Å²) in [5, 5.41) is 4.51. The SMILES string of the molecule is CCOC(=O)C(C)(C)Oc1cccc(-c2cc(NCCc3ccc(Cl)cc3Cl)nc(OC)n2)c1. The monoisotopic (exact) mass is 503 g/mol. The van der Waals surface area contributed by atoms with E-state index < -0.39 is 11.6 Å². The molecule has 0 bridgehead atoms. The molecule has 0 atom stereocenters. The van der Waals surface area contributed by atoms with Crippen molar-refractivity contribution >= 4 is 35.0 Å². The van der Waals surface area contributed by atoms with E-state index >= 15 is 0 Å². The van der Waals surface area contributed by atoms with Crippen LogP contribution in [0.25, 0.3) is 11.3 Å². The second kappa shape index (κ2) is 11.4. The van der Waals surface area contributed by atoms with Crippen molar-refractivity contribution in [2.24, 2.45) is 0 Å². The number of esters is 1. The summed E-state index contributed by atoms with van der Waals surface area (Å²) in [6.07, 6.45) is 0.684. The summed E-state index contributed by atoms with van der Waals surface area (Å²) in [5.74, 6) is 0.682. The topological polar surface area (TPSA) is 82.6 Å². The third kappa shape index (κ3) is 6.74. The van der Waals surface area contributed by atoms with Crippen molar-refractivity contribution in [1.29, 1.82) is 0 Å². The predicted molar refractivity (Wildman–Crippen MR) is 134 cm³/mol. The van der Waals surface area contributed by atoms with Gasteiger partial charge in [0, 0.05) is 28.2 Å². The van der Waals surface area contributed by atoms with Crippen molar-refractivity contribution < 1.29 is 19.0 Å². The van der Waals surface area contributed by atoms with Gasteiger partial charge in [0.25, 0.3) is 0 Å². The number of nitrogens with one attached hydrogen (secondary N) is 1. The highest BCUT2D eigenvalue weighted by Gasteiger charge is 2.31. The molecular formula is C25H27Cl2N3O4. The van der Waals surface area contributed by atoms with Crippen molar-refractivity contribution in [2.45, 2.75) is 32.8 Å². The fraction of sp³-hybridized carbons (Fsp3) is 0.320. The molecule has 0 fully saturated rings. The van der Waals surface area contributed by atoms with Gasteiger partial charge in [0.15, 0.2) is 5.60 Å². The fourth-order valence-electron chi connectivity index (χ4n) is 3.16. The molecule has 0 aliphatic rings. The van der Waals surface area contributed by atoms with Gasteiger partial charge in [-0.2, -0.15) is 9.97 Å². The minimum atomic E-state index is -1.13. The number of nitrogens with zero attached hydrogens (tertiary/aromatic N) is 2. The van der Waals surface area contributed by atoms with Crippen molar-refractivity contribution in [3.05, 3.63) is 64.1 Å². The van der Waals surface area contributed by atoms with Crippen LogP contribution in [-0.4, -0.2) is 41.8 Å². The number of carbonyl (C=O) groups is 1.